The van der Waals surface area contributed by atoms with Gasteiger partial charge in [-0.1, -0.05) is 12.1 Å². The van der Waals surface area contributed by atoms with Crippen molar-refractivity contribution in [2.24, 2.45) is 7.05 Å². The van der Waals surface area contributed by atoms with Crippen molar-refractivity contribution in [3.8, 4) is 17.0 Å². The molecule has 0 bridgehead atoms. The maximum atomic E-state index is 13.4. The van der Waals surface area contributed by atoms with E-state index in [1.54, 1.807) is 23.9 Å². The van der Waals surface area contributed by atoms with Crippen LogP contribution in [0.1, 0.15) is 40.6 Å². The maximum Gasteiger partial charge on any atom is 0.274 e. The molecule has 4 aromatic rings. The Morgan fingerprint density at radius 1 is 1.23 bits per heavy atom. The van der Waals surface area contributed by atoms with E-state index in [-0.39, 0.29) is 11.9 Å². The topological polar surface area (TPSA) is 77.5 Å². The smallest absolute Gasteiger partial charge is 0.274 e. The second kappa shape index (κ2) is 7.54. The van der Waals surface area contributed by atoms with Gasteiger partial charge in [0.2, 0.25) is 0 Å². The highest BCUT2D eigenvalue weighted by molar-refractivity contribution is 5.94. The van der Waals surface area contributed by atoms with Crippen LogP contribution in [0.5, 0.6) is 5.75 Å². The van der Waals surface area contributed by atoms with Crippen molar-refractivity contribution < 1.29 is 9.53 Å². The highest BCUT2D eigenvalue weighted by Gasteiger charge is 2.32. The zero-order valence-corrected chi connectivity index (χ0v) is 17.8. The van der Waals surface area contributed by atoms with Gasteiger partial charge in [0.1, 0.15) is 5.75 Å². The van der Waals surface area contributed by atoms with E-state index >= 15 is 0 Å². The Morgan fingerprint density at radius 3 is 2.87 bits per heavy atom. The average molecular weight is 416 g/mol. The van der Waals surface area contributed by atoms with Gasteiger partial charge in [0.25, 0.3) is 5.91 Å². The van der Waals surface area contributed by atoms with Gasteiger partial charge in [-0.25, -0.2) is 9.50 Å². The van der Waals surface area contributed by atoms with E-state index in [1.165, 1.54) is 0 Å². The van der Waals surface area contributed by atoms with Gasteiger partial charge in [-0.05, 0) is 43.5 Å². The zero-order valence-electron chi connectivity index (χ0n) is 17.8. The van der Waals surface area contributed by atoms with E-state index in [0.717, 1.165) is 41.1 Å². The molecule has 0 N–H and O–H groups in total. The average Bonchev–Trinajstić information content (AvgIpc) is 3.52. The molecule has 0 radical (unpaired) electrons. The first kappa shape index (κ1) is 19.3. The van der Waals surface area contributed by atoms with E-state index in [0.29, 0.717) is 17.9 Å². The quantitative estimate of drug-likeness (QED) is 0.509. The van der Waals surface area contributed by atoms with Gasteiger partial charge >= 0.3 is 0 Å². The molecule has 31 heavy (non-hydrogen) atoms. The predicted octanol–water partition coefficient (Wildman–Crippen LogP) is 3.42. The Balaban J connectivity index is 1.51. The Morgan fingerprint density at radius 2 is 2.10 bits per heavy atom. The Kier molecular flexibility index (Phi) is 4.69. The number of hydrogen-bond donors (Lipinski definition) is 0. The highest BCUT2D eigenvalue weighted by atomic mass is 16.5. The van der Waals surface area contributed by atoms with Gasteiger partial charge in [0.05, 0.1) is 25.0 Å². The number of rotatable bonds is 4. The largest absolute Gasteiger partial charge is 0.497 e. The van der Waals surface area contributed by atoms with Crippen LogP contribution in [0, 0.1) is 6.92 Å². The summed E-state index contributed by atoms with van der Waals surface area (Å²) in [5.41, 5.74) is 4.97. The number of nitrogens with zero attached hydrogens (tertiary/aromatic N) is 6. The first-order chi connectivity index (χ1) is 15.1. The molecule has 1 aliphatic rings. The zero-order chi connectivity index (χ0) is 21.5. The van der Waals surface area contributed by atoms with Gasteiger partial charge in [-0.2, -0.15) is 10.2 Å². The molecule has 1 aromatic carbocycles. The number of aromatic nitrogens is 5. The number of hydrogen-bond acceptors (Lipinski definition) is 5. The molecule has 3 aromatic heterocycles. The summed E-state index contributed by atoms with van der Waals surface area (Å²) in [6.45, 7) is 2.71. The Labute approximate surface area is 180 Å². The first-order valence-corrected chi connectivity index (χ1v) is 10.4. The fourth-order valence-corrected chi connectivity index (χ4v) is 4.31. The molecule has 1 atom stereocenters. The number of ether oxygens (including phenoxy) is 1. The fraction of sp³-hybridized carbons (Fsp3) is 0.304. The summed E-state index contributed by atoms with van der Waals surface area (Å²) in [6.07, 6.45) is 5.43. The van der Waals surface area contributed by atoms with Gasteiger partial charge in [-0.3, -0.25) is 9.48 Å². The first-order valence-electron chi connectivity index (χ1n) is 10.4. The maximum absolute atomic E-state index is 13.4. The number of fused-ring (bicyclic) bond motifs is 1. The third kappa shape index (κ3) is 3.24. The molecule has 1 fully saturated rings. The summed E-state index contributed by atoms with van der Waals surface area (Å²) >= 11 is 0. The van der Waals surface area contributed by atoms with Crippen LogP contribution < -0.4 is 4.74 Å². The number of likely N-dealkylation sites (tertiary alicyclic amines) is 1. The third-order valence-corrected chi connectivity index (χ3v) is 6.08. The van der Waals surface area contributed by atoms with E-state index in [9.17, 15) is 4.79 Å². The minimum atomic E-state index is -0.0790. The van der Waals surface area contributed by atoms with Crippen LogP contribution in [-0.2, 0) is 7.05 Å². The van der Waals surface area contributed by atoms with Crippen molar-refractivity contribution in [3.63, 3.8) is 0 Å². The van der Waals surface area contributed by atoms with Crippen molar-refractivity contribution in [2.75, 3.05) is 13.7 Å². The Hall–Kier alpha value is -3.68. The second-order valence-electron chi connectivity index (χ2n) is 7.83. The van der Waals surface area contributed by atoms with Gasteiger partial charge in [0.15, 0.2) is 11.3 Å². The summed E-state index contributed by atoms with van der Waals surface area (Å²) in [5.74, 6) is 0.717. The summed E-state index contributed by atoms with van der Waals surface area (Å²) in [6, 6.07) is 11.6. The van der Waals surface area contributed by atoms with Crippen LogP contribution in [0.4, 0.5) is 0 Å². The van der Waals surface area contributed by atoms with Crippen LogP contribution in [-0.4, -0.2) is 48.8 Å². The van der Waals surface area contributed by atoms with Crippen molar-refractivity contribution in [3.05, 3.63) is 65.7 Å². The number of carbonyl (C=O) groups excluding carboxylic acids is 1. The number of carbonyl (C=O) groups is 1. The Bertz CT molecular complexity index is 1270. The minimum Gasteiger partial charge on any atom is -0.497 e. The normalized spacial score (nSPS) is 16.2. The van der Waals surface area contributed by atoms with Gasteiger partial charge in [0, 0.05) is 37.1 Å². The molecule has 4 heterocycles. The SMILES string of the molecule is COc1cccc([C@H]2CCCN2C(=O)c2cc3nccc(-c4cnn(C)c4C)n3n2)c1. The predicted molar refractivity (Wildman–Crippen MR) is 116 cm³/mol. The molecular weight excluding hydrogens is 392 g/mol. The van der Waals surface area contributed by atoms with Crippen molar-refractivity contribution in [1.29, 1.82) is 0 Å². The van der Waals surface area contributed by atoms with Crippen LogP contribution in [0.25, 0.3) is 16.9 Å². The number of benzene rings is 1. The highest BCUT2D eigenvalue weighted by Crippen LogP contribution is 2.34. The van der Waals surface area contributed by atoms with E-state index in [4.69, 9.17) is 4.74 Å². The molecule has 0 unspecified atom stereocenters. The lowest BCUT2D eigenvalue weighted by Gasteiger charge is -2.24. The minimum absolute atomic E-state index is 0.0143. The fourth-order valence-electron chi connectivity index (χ4n) is 4.31. The summed E-state index contributed by atoms with van der Waals surface area (Å²) in [5, 5.41) is 8.98. The van der Waals surface area contributed by atoms with Crippen molar-refractivity contribution in [1.82, 2.24) is 29.3 Å². The molecule has 0 spiro atoms. The lowest BCUT2D eigenvalue weighted by atomic mass is 10.0. The van der Waals surface area contributed by atoms with E-state index in [2.05, 4.69) is 15.2 Å². The van der Waals surface area contributed by atoms with Crippen LogP contribution >= 0.6 is 0 Å². The molecule has 8 nitrogen and oxygen atoms in total. The lowest BCUT2D eigenvalue weighted by Crippen LogP contribution is -2.30. The molecule has 1 aliphatic heterocycles. The second-order valence-corrected chi connectivity index (χ2v) is 7.83. The number of aryl methyl sites for hydroxylation is 1. The molecule has 0 aliphatic carbocycles. The molecule has 5 rings (SSSR count). The van der Waals surface area contributed by atoms with Crippen LogP contribution in [0.2, 0.25) is 0 Å². The molecule has 0 saturated carbocycles. The van der Waals surface area contributed by atoms with Gasteiger partial charge < -0.3 is 9.64 Å². The number of methoxy groups -OCH3 is 1. The monoisotopic (exact) mass is 416 g/mol. The summed E-state index contributed by atoms with van der Waals surface area (Å²) in [4.78, 5) is 19.8. The lowest BCUT2D eigenvalue weighted by molar-refractivity contribution is 0.0729. The third-order valence-electron chi connectivity index (χ3n) is 6.08. The summed E-state index contributed by atoms with van der Waals surface area (Å²) in [7, 11) is 3.56. The van der Waals surface area contributed by atoms with Crippen LogP contribution in [0.3, 0.4) is 0 Å². The molecule has 158 valence electrons. The molecular formula is C23H24N6O2. The molecule has 1 amide bonds. The van der Waals surface area contributed by atoms with Crippen molar-refractivity contribution >= 4 is 11.6 Å². The molecule has 8 heteroatoms. The standard InChI is InChI=1S/C23H24N6O2/c1-15-18(14-25-27(15)2)21-9-10-24-22-13-19(26-29(21)22)23(30)28-11-5-8-20(28)16-6-4-7-17(12-16)31-3/h4,6-7,9-10,12-14,20H,5,8,11H2,1-3H3/t20-/m1/s1. The van der Waals surface area contributed by atoms with Gasteiger partial charge in [-0.15, -0.1) is 0 Å². The molecule has 1 saturated heterocycles. The van der Waals surface area contributed by atoms with E-state index < -0.39 is 0 Å². The van der Waals surface area contributed by atoms with Crippen molar-refractivity contribution in [2.45, 2.75) is 25.8 Å². The number of amides is 1. The van der Waals surface area contributed by atoms with E-state index in [1.807, 2.05) is 60.1 Å². The van der Waals surface area contributed by atoms with Crippen LogP contribution in [0.15, 0.2) is 48.8 Å². The summed E-state index contributed by atoms with van der Waals surface area (Å²) < 4.78 is 8.92.